The van der Waals surface area contributed by atoms with Crippen LogP contribution < -0.4 is 10.4 Å². The van der Waals surface area contributed by atoms with Crippen molar-refractivity contribution in [3.05, 3.63) is 84.0 Å². The second kappa shape index (κ2) is 8.20. The number of aliphatic hydroxyl groups is 1. The van der Waals surface area contributed by atoms with E-state index in [0.29, 0.717) is 0 Å². The highest BCUT2D eigenvalue weighted by molar-refractivity contribution is 6.99. The third kappa shape index (κ3) is 3.77. The molecule has 0 heterocycles. The monoisotopic (exact) mass is 432 g/mol. The molecule has 31 heavy (non-hydrogen) atoms. The zero-order valence-corrected chi connectivity index (χ0v) is 20.6. The highest BCUT2D eigenvalue weighted by Gasteiger charge is 2.52. The zero-order chi connectivity index (χ0) is 22.3. The standard InChI is InChI=1S/C28H36O2Si/c1-21-18-19-28(29)22(2)20-23(16-17-26(21)28)30-31(27(3,4)5,24-12-8-6-9-13-24)25-14-10-7-11-15-25/h6-17,22-23,29H,18-20H2,1-5H3/t22-,23-,28-/m0/s1. The predicted molar refractivity (Wildman–Crippen MR) is 132 cm³/mol. The lowest BCUT2D eigenvalue weighted by atomic mass is 9.81. The molecule has 1 N–H and O–H groups in total. The average Bonchev–Trinajstić information content (AvgIpc) is 2.98. The van der Waals surface area contributed by atoms with Crippen LogP contribution in [0.3, 0.4) is 0 Å². The van der Waals surface area contributed by atoms with Gasteiger partial charge in [0.25, 0.3) is 8.32 Å². The molecule has 2 nitrogen and oxygen atoms in total. The van der Waals surface area contributed by atoms with E-state index in [9.17, 15) is 5.11 Å². The van der Waals surface area contributed by atoms with Crippen molar-refractivity contribution >= 4 is 18.7 Å². The van der Waals surface area contributed by atoms with E-state index in [1.165, 1.54) is 15.9 Å². The highest BCUT2D eigenvalue weighted by atomic mass is 28.4. The molecule has 0 bridgehead atoms. The molecule has 2 aromatic rings. The van der Waals surface area contributed by atoms with E-state index >= 15 is 0 Å². The van der Waals surface area contributed by atoms with Crippen molar-refractivity contribution in [2.75, 3.05) is 0 Å². The van der Waals surface area contributed by atoms with Crippen molar-refractivity contribution in [1.82, 2.24) is 0 Å². The van der Waals surface area contributed by atoms with Crippen molar-refractivity contribution in [2.24, 2.45) is 5.92 Å². The fraction of sp³-hybridized carbons (Fsp3) is 0.429. The van der Waals surface area contributed by atoms with Gasteiger partial charge >= 0.3 is 0 Å². The summed E-state index contributed by atoms with van der Waals surface area (Å²) in [6.07, 6.45) is 6.99. The number of hydrogen-bond donors (Lipinski definition) is 1. The number of allylic oxidation sites excluding steroid dienone is 1. The van der Waals surface area contributed by atoms with Crippen LogP contribution in [0.1, 0.15) is 53.9 Å². The van der Waals surface area contributed by atoms with Gasteiger partial charge < -0.3 is 9.53 Å². The van der Waals surface area contributed by atoms with E-state index in [1.807, 2.05) is 0 Å². The number of benzene rings is 2. The first kappa shape index (κ1) is 22.3. The molecule has 0 fully saturated rings. The Bertz CT molecular complexity index is 932. The van der Waals surface area contributed by atoms with Crippen LogP contribution in [0.15, 0.2) is 84.0 Å². The van der Waals surface area contributed by atoms with Gasteiger partial charge in [-0.3, -0.25) is 0 Å². The molecule has 0 aliphatic heterocycles. The minimum Gasteiger partial charge on any atom is -0.401 e. The van der Waals surface area contributed by atoms with Crippen LogP contribution in [0, 0.1) is 5.92 Å². The molecule has 0 unspecified atom stereocenters. The van der Waals surface area contributed by atoms with E-state index in [2.05, 4.69) is 107 Å². The summed E-state index contributed by atoms with van der Waals surface area (Å²) in [6.45, 7) is 11.3. The third-order valence-corrected chi connectivity index (χ3v) is 12.5. The van der Waals surface area contributed by atoms with E-state index in [4.69, 9.17) is 4.43 Å². The first-order valence-corrected chi connectivity index (χ1v) is 13.5. The summed E-state index contributed by atoms with van der Waals surface area (Å²) in [6, 6.07) is 21.6. The Morgan fingerprint density at radius 2 is 1.52 bits per heavy atom. The molecule has 164 valence electrons. The number of rotatable bonds is 4. The van der Waals surface area contributed by atoms with Crippen molar-refractivity contribution in [2.45, 2.75) is 70.6 Å². The quantitative estimate of drug-likeness (QED) is 0.658. The van der Waals surface area contributed by atoms with Crippen LogP contribution in [0.5, 0.6) is 0 Å². The Labute approximate surface area is 188 Å². The van der Waals surface area contributed by atoms with Gasteiger partial charge in [-0.2, -0.15) is 0 Å². The predicted octanol–water partition coefficient (Wildman–Crippen LogP) is 5.37. The summed E-state index contributed by atoms with van der Waals surface area (Å²) in [5.41, 5.74) is 1.72. The minimum atomic E-state index is -2.62. The van der Waals surface area contributed by atoms with Crippen LogP contribution in [0.2, 0.25) is 5.04 Å². The third-order valence-electron chi connectivity index (χ3n) is 7.43. The summed E-state index contributed by atoms with van der Waals surface area (Å²) in [7, 11) is -2.62. The van der Waals surface area contributed by atoms with Crippen LogP contribution in [-0.2, 0) is 4.43 Å². The molecule has 2 aromatic carbocycles. The van der Waals surface area contributed by atoms with E-state index in [0.717, 1.165) is 24.8 Å². The molecule has 0 saturated carbocycles. The van der Waals surface area contributed by atoms with Gasteiger partial charge in [-0.1, -0.05) is 106 Å². The maximum atomic E-state index is 11.5. The Hall–Kier alpha value is -1.94. The van der Waals surface area contributed by atoms with Crippen molar-refractivity contribution in [1.29, 1.82) is 0 Å². The van der Waals surface area contributed by atoms with Gasteiger partial charge in [-0.05, 0) is 53.1 Å². The molecule has 0 aromatic heterocycles. The Balaban J connectivity index is 1.83. The molecular formula is C28H36O2Si. The average molecular weight is 433 g/mol. The first-order valence-electron chi connectivity index (χ1n) is 11.6. The van der Waals surface area contributed by atoms with Gasteiger partial charge in [0, 0.05) is 0 Å². The molecule has 0 radical (unpaired) electrons. The summed E-state index contributed by atoms with van der Waals surface area (Å²) in [5.74, 6) is 0.151. The summed E-state index contributed by atoms with van der Waals surface area (Å²) in [5, 5.41) is 14.0. The lowest BCUT2D eigenvalue weighted by Crippen LogP contribution is -2.67. The SMILES string of the molecule is CC1=C2C=C[C@H](O[Si](c3ccccc3)(c3ccccc3)C(C)(C)C)C[C@H](C)[C@@]2(O)CC1. The van der Waals surface area contributed by atoms with Crippen molar-refractivity contribution in [3.63, 3.8) is 0 Å². The normalized spacial score (nSPS) is 26.6. The largest absolute Gasteiger partial charge is 0.401 e. The van der Waals surface area contributed by atoms with Crippen LogP contribution in [0.4, 0.5) is 0 Å². The highest BCUT2D eigenvalue weighted by Crippen LogP contribution is 2.46. The van der Waals surface area contributed by atoms with Crippen LogP contribution >= 0.6 is 0 Å². The molecule has 0 saturated heterocycles. The Morgan fingerprint density at radius 3 is 2.03 bits per heavy atom. The fourth-order valence-electron chi connectivity index (χ4n) is 5.65. The van der Waals surface area contributed by atoms with E-state index < -0.39 is 13.9 Å². The second-order valence-corrected chi connectivity index (χ2v) is 14.7. The molecule has 4 rings (SSSR count). The molecule has 2 aliphatic carbocycles. The topological polar surface area (TPSA) is 29.5 Å². The lowest BCUT2D eigenvalue weighted by Gasteiger charge is -2.45. The van der Waals surface area contributed by atoms with Gasteiger partial charge in [0.15, 0.2) is 0 Å². The maximum absolute atomic E-state index is 11.5. The zero-order valence-electron chi connectivity index (χ0n) is 19.6. The van der Waals surface area contributed by atoms with Crippen molar-refractivity contribution in [3.8, 4) is 0 Å². The second-order valence-electron chi connectivity index (χ2n) is 10.4. The Kier molecular flexibility index (Phi) is 5.89. The van der Waals surface area contributed by atoms with Gasteiger partial charge in [0.2, 0.25) is 0 Å². The van der Waals surface area contributed by atoms with Crippen LogP contribution in [-0.4, -0.2) is 25.1 Å². The van der Waals surface area contributed by atoms with Gasteiger partial charge in [-0.25, -0.2) is 0 Å². The first-order chi connectivity index (χ1) is 14.7. The fourth-order valence-corrected chi connectivity index (χ4v) is 10.3. The molecule has 3 atom stereocenters. The smallest absolute Gasteiger partial charge is 0.261 e. The molecule has 0 amide bonds. The van der Waals surface area contributed by atoms with E-state index in [1.54, 1.807) is 0 Å². The number of hydrogen-bond acceptors (Lipinski definition) is 2. The van der Waals surface area contributed by atoms with E-state index in [-0.39, 0.29) is 17.1 Å². The lowest BCUT2D eigenvalue weighted by molar-refractivity contribution is 0.0149. The minimum absolute atomic E-state index is 0.0313. The maximum Gasteiger partial charge on any atom is 0.261 e. The number of fused-ring (bicyclic) bond motifs is 1. The van der Waals surface area contributed by atoms with Gasteiger partial charge in [0.1, 0.15) is 0 Å². The molecule has 0 spiro atoms. The van der Waals surface area contributed by atoms with Crippen molar-refractivity contribution < 1.29 is 9.53 Å². The summed E-state index contributed by atoms with van der Waals surface area (Å²) < 4.78 is 7.33. The van der Waals surface area contributed by atoms with Gasteiger partial charge in [0.05, 0.1) is 11.7 Å². The molecular weight excluding hydrogens is 396 g/mol. The molecule has 2 aliphatic rings. The van der Waals surface area contributed by atoms with Gasteiger partial charge in [-0.15, -0.1) is 0 Å². The summed E-state index contributed by atoms with van der Waals surface area (Å²) in [4.78, 5) is 0. The summed E-state index contributed by atoms with van der Waals surface area (Å²) >= 11 is 0. The Morgan fingerprint density at radius 1 is 0.968 bits per heavy atom. The molecule has 3 heteroatoms. The van der Waals surface area contributed by atoms with Crippen LogP contribution in [0.25, 0.3) is 0 Å².